The van der Waals surface area contributed by atoms with Crippen molar-refractivity contribution in [2.24, 2.45) is 0 Å². The highest BCUT2D eigenvalue weighted by molar-refractivity contribution is 6.17. The maximum atomic E-state index is 5.83. The molecule has 4 heteroatoms. The lowest BCUT2D eigenvalue weighted by Gasteiger charge is -2.12. The number of ether oxygens (including phenoxy) is 1. The van der Waals surface area contributed by atoms with Gasteiger partial charge in [-0.15, -0.1) is 24.0 Å². The van der Waals surface area contributed by atoms with E-state index in [2.05, 4.69) is 17.0 Å². The van der Waals surface area contributed by atoms with Gasteiger partial charge in [-0.25, -0.2) is 0 Å². The number of methoxy groups -OCH3 is 1. The Balaban J connectivity index is 0.00000196. The van der Waals surface area contributed by atoms with Crippen molar-refractivity contribution in [2.45, 2.75) is 12.4 Å². The van der Waals surface area contributed by atoms with E-state index in [1.807, 2.05) is 20.2 Å². The molecule has 0 aromatic heterocycles. The van der Waals surface area contributed by atoms with Gasteiger partial charge < -0.3 is 9.64 Å². The van der Waals surface area contributed by atoms with Gasteiger partial charge in [0.15, 0.2) is 0 Å². The summed E-state index contributed by atoms with van der Waals surface area (Å²) in [6.45, 7) is 0.924. The van der Waals surface area contributed by atoms with Crippen LogP contribution in [0.2, 0.25) is 0 Å². The molecule has 2 nitrogen and oxygen atoms in total. The third kappa shape index (κ3) is 4.29. The molecule has 1 rings (SSSR count). The number of halogens is 2. The highest BCUT2D eigenvalue weighted by atomic mass is 35.5. The summed E-state index contributed by atoms with van der Waals surface area (Å²) < 4.78 is 5.20. The molecule has 0 heterocycles. The van der Waals surface area contributed by atoms with E-state index in [-0.39, 0.29) is 12.4 Å². The maximum Gasteiger partial charge on any atom is 0.123 e. The van der Waals surface area contributed by atoms with E-state index < -0.39 is 0 Å². The Bertz CT molecular complexity index is 303. The second kappa shape index (κ2) is 6.94. The fraction of sp³-hybridized carbons (Fsp3) is 0.455. The van der Waals surface area contributed by atoms with E-state index in [4.69, 9.17) is 16.3 Å². The predicted octanol–water partition coefficient (Wildman–Crippen LogP) is 2.92. The highest BCUT2D eigenvalue weighted by Crippen LogP contribution is 2.21. The van der Waals surface area contributed by atoms with Crippen LogP contribution < -0.4 is 4.74 Å². The zero-order chi connectivity index (χ0) is 10.6. The molecule has 15 heavy (non-hydrogen) atoms. The van der Waals surface area contributed by atoms with E-state index >= 15 is 0 Å². The van der Waals surface area contributed by atoms with Gasteiger partial charge in [0.25, 0.3) is 0 Å². The van der Waals surface area contributed by atoms with Crippen LogP contribution in [0.15, 0.2) is 18.2 Å². The molecule has 0 amide bonds. The molecule has 1 aromatic carbocycles. The van der Waals surface area contributed by atoms with Crippen LogP contribution in [-0.4, -0.2) is 26.1 Å². The Morgan fingerprint density at radius 3 is 2.47 bits per heavy atom. The fourth-order valence-electron chi connectivity index (χ4n) is 1.40. The summed E-state index contributed by atoms with van der Waals surface area (Å²) in [5, 5.41) is 0. The first-order valence-electron chi connectivity index (χ1n) is 4.54. The minimum Gasteiger partial charge on any atom is -0.496 e. The zero-order valence-electron chi connectivity index (χ0n) is 9.29. The lowest BCUT2D eigenvalue weighted by molar-refractivity contribution is 0.398. The van der Waals surface area contributed by atoms with Gasteiger partial charge >= 0.3 is 0 Å². The largest absolute Gasteiger partial charge is 0.496 e. The van der Waals surface area contributed by atoms with Crippen molar-refractivity contribution in [3.05, 3.63) is 29.3 Å². The Morgan fingerprint density at radius 2 is 2.00 bits per heavy atom. The molecule has 0 saturated heterocycles. The van der Waals surface area contributed by atoms with Gasteiger partial charge in [-0.2, -0.15) is 0 Å². The lowest BCUT2D eigenvalue weighted by Crippen LogP contribution is -2.10. The molecule has 0 atom stereocenters. The zero-order valence-corrected chi connectivity index (χ0v) is 10.9. The molecule has 0 saturated carbocycles. The number of rotatable bonds is 4. The van der Waals surface area contributed by atoms with Crippen molar-refractivity contribution in [3.63, 3.8) is 0 Å². The van der Waals surface area contributed by atoms with Crippen LogP contribution in [-0.2, 0) is 12.4 Å². The molecule has 0 unspecified atom stereocenters. The van der Waals surface area contributed by atoms with Crippen molar-refractivity contribution in [2.75, 3.05) is 21.2 Å². The van der Waals surface area contributed by atoms with Crippen LogP contribution >= 0.6 is 24.0 Å². The minimum atomic E-state index is 0. The summed E-state index contributed by atoms with van der Waals surface area (Å²) in [4.78, 5) is 2.12. The average molecular weight is 250 g/mol. The topological polar surface area (TPSA) is 12.5 Å². The van der Waals surface area contributed by atoms with Crippen LogP contribution in [0.25, 0.3) is 0 Å². The number of nitrogens with zero attached hydrogens (tertiary/aromatic N) is 1. The minimum absolute atomic E-state index is 0. The second-order valence-electron chi connectivity index (χ2n) is 3.52. The van der Waals surface area contributed by atoms with Crippen LogP contribution in [0, 0.1) is 0 Å². The van der Waals surface area contributed by atoms with Gasteiger partial charge in [-0.05, 0) is 31.8 Å². The Labute approximate surface area is 103 Å². The SMILES string of the molecule is COc1ccc(CN(C)C)cc1CCl.Cl. The molecular weight excluding hydrogens is 233 g/mol. The van der Waals surface area contributed by atoms with Gasteiger partial charge in [-0.3, -0.25) is 0 Å². The van der Waals surface area contributed by atoms with Crippen LogP contribution in [0.5, 0.6) is 5.75 Å². The number of alkyl halides is 1. The number of benzene rings is 1. The van der Waals surface area contributed by atoms with Gasteiger partial charge in [0.1, 0.15) is 5.75 Å². The van der Waals surface area contributed by atoms with E-state index in [9.17, 15) is 0 Å². The quantitative estimate of drug-likeness (QED) is 0.762. The van der Waals surface area contributed by atoms with Crippen molar-refractivity contribution in [1.82, 2.24) is 4.90 Å². The normalized spacial score (nSPS) is 9.93. The number of hydrogen-bond acceptors (Lipinski definition) is 2. The molecule has 86 valence electrons. The molecule has 0 fully saturated rings. The van der Waals surface area contributed by atoms with Crippen molar-refractivity contribution >= 4 is 24.0 Å². The molecule has 1 aromatic rings. The predicted molar refractivity (Wildman–Crippen MR) is 67.2 cm³/mol. The molecule has 0 N–H and O–H groups in total. The highest BCUT2D eigenvalue weighted by Gasteiger charge is 2.03. The van der Waals surface area contributed by atoms with Gasteiger partial charge in [-0.1, -0.05) is 6.07 Å². The van der Waals surface area contributed by atoms with Gasteiger partial charge in [0, 0.05) is 12.1 Å². The standard InChI is InChI=1S/C11H16ClNO.ClH/c1-13(2)8-9-4-5-11(14-3)10(6-9)7-12;/h4-6H,7-8H2,1-3H3;1H. The first-order chi connectivity index (χ1) is 6.67. The Kier molecular flexibility index (Phi) is 6.73. The summed E-state index contributed by atoms with van der Waals surface area (Å²) in [7, 11) is 5.76. The summed E-state index contributed by atoms with van der Waals surface area (Å²) in [5.41, 5.74) is 2.31. The smallest absolute Gasteiger partial charge is 0.123 e. The molecule has 0 radical (unpaired) electrons. The van der Waals surface area contributed by atoms with E-state index in [0.29, 0.717) is 5.88 Å². The number of hydrogen-bond donors (Lipinski definition) is 0. The summed E-state index contributed by atoms with van der Waals surface area (Å²) in [5.74, 6) is 1.35. The van der Waals surface area contributed by atoms with Crippen molar-refractivity contribution in [3.8, 4) is 5.75 Å². The van der Waals surface area contributed by atoms with E-state index in [0.717, 1.165) is 17.9 Å². The molecule has 0 aliphatic heterocycles. The van der Waals surface area contributed by atoms with E-state index in [1.165, 1.54) is 5.56 Å². The Hall–Kier alpha value is -0.440. The van der Waals surface area contributed by atoms with Crippen LogP contribution in [0.3, 0.4) is 0 Å². The third-order valence-electron chi connectivity index (χ3n) is 1.99. The average Bonchev–Trinajstić information content (AvgIpc) is 2.16. The molecular formula is C11H17Cl2NO. The molecule has 0 aliphatic rings. The maximum absolute atomic E-state index is 5.83. The van der Waals surface area contributed by atoms with E-state index in [1.54, 1.807) is 7.11 Å². The molecule has 0 spiro atoms. The summed E-state index contributed by atoms with van der Waals surface area (Å²) in [6, 6.07) is 6.12. The van der Waals surface area contributed by atoms with Gasteiger partial charge in [0.05, 0.1) is 13.0 Å². The Morgan fingerprint density at radius 1 is 1.33 bits per heavy atom. The van der Waals surface area contributed by atoms with Crippen molar-refractivity contribution < 1.29 is 4.74 Å². The van der Waals surface area contributed by atoms with Gasteiger partial charge in [0.2, 0.25) is 0 Å². The van der Waals surface area contributed by atoms with Crippen LogP contribution in [0.1, 0.15) is 11.1 Å². The molecule has 0 bridgehead atoms. The monoisotopic (exact) mass is 249 g/mol. The second-order valence-corrected chi connectivity index (χ2v) is 3.78. The third-order valence-corrected chi connectivity index (χ3v) is 2.28. The first-order valence-corrected chi connectivity index (χ1v) is 5.07. The summed E-state index contributed by atoms with van der Waals surface area (Å²) >= 11 is 5.83. The van der Waals surface area contributed by atoms with Crippen molar-refractivity contribution in [1.29, 1.82) is 0 Å². The lowest BCUT2D eigenvalue weighted by atomic mass is 10.1. The summed E-state index contributed by atoms with van der Waals surface area (Å²) in [6.07, 6.45) is 0. The molecule has 0 aliphatic carbocycles. The first kappa shape index (κ1) is 14.6. The van der Waals surface area contributed by atoms with Crippen LogP contribution in [0.4, 0.5) is 0 Å². The fourth-order valence-corrected chi connectivity index (χ4v) is 1.61.